The molecule has 33 heavy (non-hydrogen) atoms. The van der Waals surface area contributed by atoms with Crippen molar-refractivity contribution in [3.05, 3.63) is 35.4 Å². The normalized spacial score (nSPS) is 18.9. The van der Waals surface area contributed by atoms with Gasteiger partial charge in [0.25, 0.3) is 0 Å². The molecular weight excluding hydrogens is 529 g/mol. The lowest BCUT2D eigenvalue weighted by Crippen LogP contribution is -2.46. The van der Waals surface area contributed by atoms with E-state index in [4.69, 9.17) is 9.47 Å². The first-order valence-electron chi connectivity index (χ1n) is 12.3. The molecule has 188 valence electrons. The van der Waals surface area contributed by atoms with E-state index < -0.39 is 0 Å². The van der Waals surface area contributed by atoms with Gasteiger partial charge in [-0.2, -0.15) is 0 Å². The first-order chi connectivity index (χ1) is 15.7. The van der Waals surface area contributed by atoms with Crippen LogP contribution >= 0.6 is 24.0 Å². The maximum Gasteiger partial charge on any atom is 0.193 e. The summed E-state index contributed by atoms with van der Waals surface area (Å²) in [6.07, 6.45) is 3.43. The van der Waals surface area contributed by atoms with Crippen LogP contribution in [-0.2, 0) is 22.6 Å². The van der Waals surface area contributed by atoms with Gasteiger partial charge >= 0.3 is 0 Å². The minimum atomic E-state index is 0. The molecule has 1 N–H and O–H groups in total. The number of rotatable bonds is 10. The summed E-state index contributed by atoms with van der Waals surface area (Å²) in [7, 11) is 3.61. The molecule has 2 heterocycles. The van der Waals surface area contributed by atoms with E-state index in [-0.39, 0.29) is 24.0 Å². The zero-order valence-electron chi connectivity index (χ0n) is 20.8. The number of nitrogens with one attached hydrogen (secondary N) is 1. The monoisotopic (exact) mass is 573 g/mol. The fourth-order valence-electron chi connectivity index (χ4n) is 4.49. The SMILES string of the molecule is CCN1CCN(Cc2ccc(CNC(=NC)N3CCC(OCCCOC)CC3)cc2)CC1.I. The van der Waals surface area contributed by atoms with E-state index in [1.807, 2.05) is 7.05 Å². The van der Waals surface area contributed by atoms with Crippen molar-refractivity contribution in [2.24, 2.45) is 4.99 Å². The number of nitrogens with zero attached hydrogens (tertiary/aromatic N) is 4. The van der Waals surface area contributed by atoms with Crippen molar-refractivity contribution in [3.8, 4) is 0 Å². The number of piperazine rings is 1. The molecule has 7 nitrogen and oxygen atoms in total. The standard InChI is InChI=1S/C25H43N5O2.HI/c1-4-28-14-16-29(17-15-28)21-23-8-6-22(7-9-23)20-27-25(26-2)30-12-10-24(11-13-30)32-19-5-18-31-3;/h6-9,24H,4-5,10-21H2,1-3H3,(H,26,27);1H. The zero-order chi connectivity index (χ0) is 22.6. The first-order valence-corrected chi connectivity index (χ1v) is 12.3. The van der Waals surface area contributed by atoms with Gasteiger partial charge in [-0.1, -0.05) is 31.2 Å². The van der Waals surface area contributed by atoms with Crippen LogP contribution in [0, 0.1) is 0 Å². The highest BCUT2D eigenvalue weighted by Crippen LogP contribution is 2.15. The number of piperidine rings is 1. The van der Waals surface area contributed by atoms with E-state index in [0.717, 1.165) is 64.6 Å². The Morgan fingerprint density at radius 3 is 2.21 bits per heavy atom. The number of ether oxygens (including phenoxy) is 2. The van der Waals surface area contributed by atoms with Crippen molar-refractivity contribution in [2.75, 3.05) is 73.2 Å². The second-order valence-corrected chi connectivity index (χ2v) is 8.83. The fourth-order valence-corrected chi connectivity index (χ4v) is 4.49. The number of hydrogen-bond donors (Lipinski definition) is 1. The Bertz CT molecular complexity index is 672. The van der Waals surface area contributed by atoms with Gasteiger partial charge < -0.3 is 24.6 Å². The largest absolute Gasteiger partial charge is 0.385 e. The maximum atomic E-state index is 5.98. The Morgan fingerprint density at radius 1 is 0.970 bits per heavy atom. The number of aliphatic imine (C=N–C) groups is 1. The first kappa shape index (κ1) is 28.3. The van der Waals surface area contributed by atoms with Crippen molar-refractivity contribution in [3.63, 3.8) is 0 Å². The van der Waals surface area contributed by atoms with Crippen LogP contribution in [0.1, 0.15) is 37.3 Å². The van der Waals surface area contributed by atoms with Crippen LogP contribution in [0.4, 0.5) is 0 Å². The van der Waals surface area contributed by atoms with Crippen molar-refractivity contribution in [2.45, 2.75) is 45.4 Å². The molecule has 2 saturated heterocycles. The third kappa shape index (κ3) is 9.68. The van der Waals surface area contributed by atoms with Crippen LogP contribution < -0.4 is 5.32 Å². The predicted molar refractivity (Wildman–Crippen MR) is 146 cm³/mol. The smallest absolute Gasteiger partial charge is 0.193 e. The minimum absolute atomic E-state index is 0. The number of likely N-dealkylation sites (N-methyl/N-ethyl adjacent to an activating group) is 1. The third-order valence-electron chi connectivity index (χ3n) is 6.59. The average molecular weight is 574 g/mol. The molecule has 0 atom stereocenters. The van der Waals surface area contributed by atoms with E-state index in [1.54, 1.807) is 7.11 Å². The van der Waals surface area contributed by atoms with Gasteiger partial charge in [-0.3, -0.25) is 9.89 Å². The summed E-state index contributed by atoms with van der Waals surface area (Å²) < 4.78 is 11.1. The van der Waals surface area contributed by atoms with Crippen LogP contribution in [0.15, 0.2) is 29.3 Å². The number of likely N-dealkylation sites (tertiary alicyclic amines) is 1. The van der Waals surface area contributed by atoms with Crippen molar-refractivity contribution < 1.29 is 9.47 Å². The predicted octanol–water partition coefficient (Wildman–Crippen LogP) is 3.04. The summed E-state index contributed by atoms with van der Waals surface area (Å²) in [5.41, 5.74) is 2.69. The zero-order valence-corrected chi connectivity index (χ0v) is 23.1. The molecule has 2 fully saturated rings. The molecule has 1 aromatic rings. The second kappa shape index (κ2) is 15.9. The van der Waals surface area contributed by atoms with Crippen molar-refractivity contribution >= 4 is 29.9 Å². The van der Waals surface area contributed by atoms with Gasteiger partial charge in [0.1, 0.15) is 0 Å². The molecule has 1 aromatic carbocycles. The Labute approximate surface area is 217 Å². The number of guanidine groups is 1. The molecule has 0 amide bonds. The molecule has 0 spiro atoms. The lowest BCUT2D eigenvalue weighted by atomic mass is 10.1. The van der Waals surface area contributed by atoms with E-state index in [1.165, 1.54) is 43.9 Å². The molecule has 0 unspecified atom stereocenters. The summed E-state index contributed by atoms with van der Waals surface area (Å²) in [6.45, 7) is 13.5. The summed E-state index contributed by atoms with van der Waals surface area (Å²) in [6, 6.07) is 9.05. The molecule has 3 rings (SSSR count). The highest BCUT2D eigenvalue weighted by Gasteiger charge is 2.22. The maximum absolute atomic E-state index is 5.98. The Hall–Kier alpha value is -0.940. The van der Waals surface area contributed by atoms with E-state index in [0.29, 0.717) is 6.10 Å². The van der Waals surface area contributed by atoms with Gasteiger partial charge in [0, 0.05) is 79.7 Å². The summed E-state index contributed by atoms with van der Waals surface area (Å²) >= 11 is 0. The van der Waals surface area contributed by atoms with Gasteiger partial charge in [0.05, 0.1) is 6.10 Å². The average Bonchev–Trinajstić information content (AvgIpc) is 2.84. The Balaban J connectivity index is 0.00000385. The summed E-state index contributed by atoms with van der Waals surface area (Å²) in [5.74, 6) is 0.987. The summed E-state index contributed by atoms with van der Waals surface area (Å²) in [4.78, 5) is 11.9. The van der Waals surface area contributed by atoms with Gasteiger partial charge in [0.2, 0.25) is 0 Å². The van der Waals surface area contributed by atoms with Gasteiger partial charge in [-0.15, -0.1) is 24.0 Å². The van der Waals surface area contributed by atoms with Gasteiger partial charge in [-0.05, 0) is 36.9 Å². The van der Waals surface area contributed by atoms with E-state index in [2.05, 4.69) is 56.2 Å². The molecular formula is C25H44IN5O2. The van der Waals surface area contributed by atoms with Crippen LogP contribution in [0.5, 0.6) is 0 Å². The van der Waals surface area contributed by atoms with Crippen LogP contribution in [0.2, 0.25) is 0 Å². The van der Waals surface area contributed by atoms with E-state index >= 15 is 0 Å². The lowest BCUT2D eigenvalue weighted by molar-refractivity contribution is 0.00989. The van der Waals surface area contributed by atoms with Crippen LogP contribution in [0.25, 0.3) is 0 Å². The molecule has 2 aliphatic rings. The lowest BCUT2D eigenvalue weighted by Gasteiger charge is -2.34. The molecule has 0 saturated carbocycles. The van der Waals surface area contributed by atoms with E-state index in [9.17, 15) is 0 Å². The topological polar surface area (TPSA) is 52.6 Å². The number of hydrogen-bond acceptors (Lipinski definition) is 5. The number of halogens is 1. The third-order valence-corrected chi connectivity index (χ3v) is 6.59. The van der Waals surface area contributed by atoms with Gasteiger partial charge in [0.15, 0.2) is 5.96 Å². The number of benzene rings is 1. The molecule has 0 radical (unpaired) electrons. The molecule has 0 bridgehead atoms. The number of methoxy groups -OCH3 is 1. The summed E-state index contributed by atoms with van der Waals surface area (Å²) in [5, 5.41) is 3.54. The van der Waals surface area contributed by atoms with Gasteiger partial charge in [-0.25, -0.2) is 0 Å². The molecule has 8 heteroatoms. The quantitative estimate of drug-likeness (QED) is 0.201. The highest BCUT2D eigenvalue weighted by atomic mass is 127. The highest BCUT2D eigenvalue weighted by molar-refractivity contribution is 14.0. The molecule has 0 aromatic heterocycles. The second-order valence-electron chi connectivity index (χ2n) is 8.83. The minimum Gasteiger partial charge on any atom is -0.385 e. The molecule has 0 aliphatic carbocycles. The van der Waals surface area contributed by atoms with Crippen molar-refractivity contribution in [1.82, 2.24) is 20.0 Å². The fraction of sp³-hybridized carbons (Fsp3) is 0.720. The Morgan fingerprint density at radius 2 is 1.61 bits per heavy atom. The van der Waals surface area contributed by atoms with Crippen LogP contribution in [-0.4, -0.2) is 99.9 Å². The van der Waals surface area contributed by atoms with Crippen LogP contribution in [0.3, 0.4) is 0 Å². The van der Waals surface area contributed by atoms with Crippen molar-refractivity contribution in [1.29, 1.82) is 0 Å². The molecule has 2 aliphatic heterocycles. The Kier molecular flexibility index (Phi) is 13.6.